The van der Waals surface area contributed by atoms with E-state index in [0.717, 1.165) is 18.8 Å². The van der Waals surface area contributed by atoms with Gasteiger partial charge in [-0.3, -0.25) is 0 Å². The van der Waals surface area contributed by atoms with Crippen molar-refractivity contribution in [3.8, 4) is 6.07 Å². The lowest BCUT2D eigenvalue weighted by molar-refractivity contribution is 0.121. The average Bonchev–Trinajstić information content (AvgIpc) is 2.47. The standard InChI is InChI=1S/C13H15N3O2/c1-18-13(17)16-8-6-15(7-9-16)12-4-2-11(10-14)3-5-12/h2-5H,6-9H2,1H3. The molecule has 5 heteroatoms. The van der Waals surface area contributed by atoms with Crippen molar-refractivity contribution in [3.63, 3.8) is 0 Å². The van der Waals surface area contributed by atoms with Gasteiger partial charge < -0.3 is 14.5 Å². The number of methoxy groups -OCH3 is 1. The maximum atomic E-state index is 11.3. The lowest BCUT2D eigenvalue weighted by Gasteiger charge is -2.35. The van der Waals surface area contributed by atoms with Crippen molar-refractivity contribution < 1.29 is 9.53 Å². The molecule has 0 radical (unpaired) electrons. The van der Waals surface area contributed by atoms with Crippen molar-refractivity contribution >= 4 is 11.8 Å². The molecular weight excluding hydrogens is 230 g/mol. The highest BCUT2D eigenvalue weighted by Gasteiger charge is 2.21. The molecule has 1 aromatic rings. The summed E-state index contributed by atoms with van der Waals surface area (Å²) < 4.78 is 4.69. The number of benzene rings is 1. The highest BCUT2D eigenvalue weighted by atomic mass is 16.5. The fraction of sp³-hybridized carbons (Fsp3) is 0.385. The summed E-state index contributed by atoms with van der Waals surface area (Å²) in [4.78, 5) is 15.2. The van der Waals surface area contributed by atoms with Crippen molar-refractivity contribution in [3.05, 3.63) is 29.8 Å². The molecule has 0 aliphatic carbocycles. The van der Waals surface area contributed by atoms with Crippen LogP contribution in [0.2, 0.25) is 0 Å². The Morgan fingerprint density at radius 1 is 1.22 bits per heavy atom. The number of piperazine rings is 1. The number of anilines is 1. The first kappa shape index (κ1) is 12.2. The van der Waals surface area contributed by atoms with Gasteiger partial charge in [-0.15, -0.1) is 0 Å². The molecule has 1 heterocycles. The van der Waals surface area contributed by atoms with E-state index in [1.54, 1.807) is 4.90 Å². The van der Waals surface area contributed by atoms with Gasteiger partial charge in [0.05, 0.1) is 18.7 Å². The van der Waals surface area contributed by atoms with Crippen LogP contribution in [0.1, 0.15) is 5.56 Å². The summed E-state index contributed by atoms with van der Waals surface area (Å²) in [5.41, 5.74) is 1.74. The molecule has 0 saturated carbocycles. The van der Waals surface area contributed by atoms with Gasteiger partial charge in [0.15, 0.2) is 0 Å². The Kier molecular flexibility index (Phi) is 3.68. The third-order valence-electron chi connectivity index (χ3n) is 3.07. The molecule has 1 aliphatic rings. The Hall–Kier alpha value is -2.22. The zero-order valence-corrected chi connectivity index (χ0v) is 10.3. The van der Waals surface area contributed by atoms with E-state index < -0.39 is 0 Å². The van der Waals surface area contributed by atoms with Crippen LogP contribution < -0.4 is 4.90 Å². The number of hydrogen-bond donors (Lipinski definition) is 0. The van der Waals surface area contributed by atoms with Crippen LogP contribution in [0, 0.1) is 11.3 Å². The van der Waals surface area contributed by atoms with E-state index in [9.17, 15) is 4.79 Å². The lowest BCUT2D eigenvalue weighted by atomic mass is 10.2. The summed E-state index contributed by atoms with van der Waals surface area (Å²) in [7, 11) is 1.40. The van der Waals surface area contributed by atoms with Crippen LogP contribution in [0.15, 0.2) is 24.3 Å². The molecule has 0 atom stereocenters. The van der Waals surface area contributed by atoms with Gasteiger partial charge in [0.2, 0.25) is 0 Å². The maximum Gasteiger partial charge on any atom is 0.409 e. The minimum absolute atomic E-state index is 0.269. The Labute approximate surface area is 106 Å². The number of carbonyl (C=O) groups excluding carboxylic acids is 1. The molecular formula is C13H15N3O2. The van der Waals surface area contributed by atoms with E-state index in [0.29, 0.717) is 18.7 Å². The van der Waals surface area contributed by atoms with E-state index in [2.05, 4.69) is 11.0 Å². The van der Waals surface area contributed by atoms with Crippen molar-refractivity contribution in [2.45, 2.75) is 0 Å². The fourth-order valence-electron chi connectivity index (χ4n) is 2.02. The van der Waals surface area contributed by atoms with Gasteiger partial charge in [0, 0.05) is 31.9 Å². The van der Waals surface area contributed by atoms with Crippen LogP contribution in [0.25, 0.3) is 0 Å². The molecule has 18 heavy (non-hydrogen) atoms. The third kappa shape index (κ3) is 2.54. The predicted octanol–water partition coefficient (Wildman–Crippen LogP) is 1.45. The Morgan fingerprint density at radius 2 is 1.83 bits per heavy atom. The van der Waals surface area contributed by atoms with Gasteiger partial charge in [0.25, 0.3) is 0 Å². The van der Waals surface area contributed by atoms with Crippen LogP contribution in [0.3, 0.4) is 0 Å². The number of rotatable bonds is 1. The Balaban J connectivity index is 1.97. The Morgan fingerprint density at radius 3 is 2.33 bits per heavy atom. The molecule has 0 bridgehead atoms. The molecule has 2 rings (SSSR count). The van der Waals surface area contributed by atoms with Crippen LogP contribution >= 0.6 is 0 Å². The summed E-state index contributed by atoms with van der Waals surface area (Å²) in [6, 6.07) is 9.59. The molecule has 0 unspecified atom stereocenters. The second-order valence-corrected chi connectivity index (χ2v) is 4.10. The molecule has 0 N–H and O–H groups in total. The molecule has 1 fully saturated rings. The zero-order valence-electron chi connectivity index (χ0n) is 10.3. The molecule has 1 aliphatic heterocycles. The predicted molar refractivity (Wildman–Crippen MR) is 67.3 cm³/mol. The van der Waals surface area contributed by atoms with E-state index >= 15 is 0 Å². The van der Waals surface area contributed by atoms with Gasteiger partial charge >= 0.3 is 6.09 Å². The summed E-state index contributed by atoms with van der Waals surface area (Å²) in [6.45, 7) is 2.88. The van der Waals surface area contributed by atoms with E-state index in [4.69, 9.17) is 10.00 Å². The van der Waals surface area contributed by atoms with Crippen LogP contribution in [-0.4, -0.2) is 44.3 Å². The topological polar surface area (TPSA) is 56.6 Å². The summed E-state index contributed by atoms with van der Waals surface area (Å²) in [5, 5.41) is 8.74. The number of ether oxygens (including phenoxy) is 1. The van der Waals surface area contributed by atoms with Crippen molar-refractivity contribution in [2.75, 3.05) is 38.2 Å². The minimum atomic E-state index is -0.269. The third-order valence-corrected chi connectivity index (χ3v) is 3.07. The number of carbonyl (C=O) groups is 1. The zero-order chi connectivity index (χ0) is 13.0. The molecule has 1 aromatic carbocycles. The number of nitriles is 1. The van der Waals surface area contributed by atoms with Crippen molar-refractivity contribution in [1.29, 1.82) is 5.26 Å². The van der Waals surface area contributed by atoms with Gasteiger partial charge in [-0.25, -0.2) is 4.79 Å². The fourth-order valence-corrected chi connectivity index (χ4v) is 2.02. The highest BCUT2D eigenvalue weighted by Crippen LogP contribution is 2.17. The quantitative estimate of drug-likeness (QED) is 0.751. The maximum absolute atomic E-state index is 11.3. The second-order valence-electron chi connectivity index (χ2n) is 4.10. The summed E-state index contributed by atoms with van der Waals surface area (Å²) in [5.74, 6) is 0. The molecule has 1 saturated heterocycles. The van der Waals surface area contributed by atoms with Crippen LogP contribution in [0.4, 0.5) is 10.5 Å². The molecule has 0 aromatic heterocycles. The largest absolute Gasteiger partial charge is 0.453 e. The Bertz CT molecular complexity index is 456. The average molecular weight is 245 g/mol. The van der Waals surface area contributed by atoms with Gasteiger partial charge in [-0.05, 0) is 24.3 Å². The minimum Gasteiger partial charge on any atom is -0.453 e. The van der Waals surface area contributed by atoms with Crippen LogP contribution in [0.5, 0.6) is 0 Å². The smallest absolute Gasteiger partial charge is 0.409 e. The van der Waals surface area contributed by atoms with E-state index in [-0.39, 0.29) is 6.09 Å². The molecule has 5 nitrogen and oxygen atoms in total. The lowest BCUT2D eigenvalue weighted by Crippen LogP contribution is -2.48. The molecule has 0 spiro atoms. The first-order valence-corrected chi connectivity index (χ1v) is 5.82. The van der Waals surface area contributed by atoms with E-state index in [1.165, 1.54) is 7.11 Å². The number of hydrogen-bond acceptors (Lipinski definition) is 4. The van der Waals surface area contributed by atoms with Gasteiger partial charge in [-0.1, -0.05) is 0 Å². The van der Waals surface area contributed by atoms with Gasteiger partial charge in [-0.2, -0.15) is 5.26 Å². The van der Waals surface area contributed by atoms with E-state index in [1.807, 2.05) is 24.3 Å². The number of nitrogens with zero attached hydrogens (tertiary/aromatic N) is 3. The summed E-state index contributed by atoms with van der Waals surface area (Å²) >= 11 is 0. The van der Waals surface area contributed by atoms with Gasteiger partial charge in [0.1, 0.15) is 0 Å². The van der Waals surface area contributed by atoms with Crippen LogP contribution in [-0.2, 0) is 4.74 Å². The molecule has 94 valence electrons. The monoisotopic (exact) mass is 245 g/mol. The first-order chi connectivity index (χ1) is 8.74. The summed E-state index contributed by atoms with van der Waals surface area (Å²) in [6.07, 6.45) is -0.269. The first-order valence-electron chi connectivity index (χ1n) is 5.82. The SMILES string of the molecule is COC(=O)N1CCN(c2ccc(C#N)cc2)CC1. The highest BCUT2D eigenvalue weighted by molar-refractivity contribution is 5.68. The second kappa shape index (κ2) is 5.41. The number of amides is 1. The normalized spacial score (nSPS) is 15.1. The molecule has 1 amide bonds. The van der Waals surface area contributed by atoms with Crippen molar-refractivity contribution in [2.24, 2.45) is 0 Å². The van der Waals surface area contributed by atoms with Crippen molar-refractivity contribution in [1.82, 2.24) is 4.90 Å².